The van der Waals surface area contributed by atoms with Crippen LogP contribution in [0, 0.1) is 0 Å². The van der Waals surface area contributed by atoms with Gasteiger partial charge in [-0.05, 0) is 49.8 Å². The lowest BCUT2D eigenvalue weighted by molar-refractivity contribution is 0.317. The summed E-state index contributed by atoms with van der Waals surface area (Å²) in [4.78, 5) is 6.54. The zero-order chi connectivity index (χ0) is 10.4. The smallest absolute Gasteiger partial charge is 0.0360 e. The Labute approximate surface area is 90.0 Å². The Hall–Kier alpha value is -0.640. The van der Waals surface area contributed by atoms with Gasteiger partial charge >= 0.3 is 0 Å². The molecule has 1 aliphatic heterocycles. The average Bonchev–Trinajstić information content (AvgIpc) is 2.69. The monoisotopic (exact) mass is 213 g/mol. The van der Waals surface area contributed by atoms with Crippen molar-refractivity contribution in [1.29, 1.82) is 0 Å². The van der Waals surface area contributed by atoms with E-state index in [1.54, 1.807) is 0 Å². The van der Waals surface area contributed by atoms with Crippen LogP contribution in [0.25, 0.3) is 0 Å². The van der Waals surface area contributed by atoms with Crippen LogP contribution in [0.4, 0.5) is 0 Å². The molecule has 0 aliphatic carbocycles. The van der Waals surface area contributed by atoms with Gasteiger partial charge in [0.25, 0.3) is 0 Å². The Morgan fingerprint density at radius 3 is 2.86 bits per heavy atom. The summed E-state index contributed by atoms with van der Waals surface area (Å²) in [7, 11) is 2.19. The number of nitrogens with two attached hydrogens (primary N) is 1. The fourth-order valence-corrected chi connectivity index (χ4v) is 1.90. The van der Waals surface area contributed by atoms with E-state index >= 15 is 0 Å². The molecule has 78 valence electrons. The zero-order valence-corrected chi connectivity index (χ0v) is 9.11. The summed E-state index contributed by atoms with van der Waals surface area (Å²) in [5.74, 6) is 0. The maximum atomic E-state index is 4.14. The van der Waals surface area contributed by atoms with Crippen molar-refractivity contribution in [2.75, 3.05) is 13.6 Å². The quantitative estimate of drug-likeness (QED) is 0.726. The highest BCUT2D eigenvalue weighted by atomic mass is 35.5. The Balaban J connectivity index is 0.000000461. The van der Waals surface area contributed by atoms with Gasteiger partial charge < -0.3 is 0 Å². The summed E-state index contributed by atoms with van der Waals surface area (Å²) in [5, 5.41) is 3.97. The first-order valence-electron chi connectivity index (χ1n) is 4.70. The molecule has 1 aliphatic rings. The molecule has 2 heterocycles. The first-order valence-corrected chi connectivity index (χ1v) is 5.13. The van der Waals surface area contributed by atoms with E-state index in [9.17, 15) is 0 Å². The zero-order valence-electron chi connectivity index (χ0n) is 8.36. The van der Waals surface area contributed by atoms with Crippen LogP contribution in [0.2, 0.25) is 0 Å². The van der Waals surface area contributed by atoms with Crippen LogP contribution >= 0.6 is 11.8 Å². The van der Waals surface area contributed by atoms with Crippen molar-refractivity contribution in [2.45, 2.75) is 18.9 Å². The Morgan fingerprint density at radius 2 is 2.36 bits per heavy atom. The summed E-state index contributed by atoms with van der Waals surface area (Å²) in [6.07, 6.45) is 6.41. The predicted molar refractivity (Wildman–Crippen MR) is 58.9 cm³/mol. The predicted octanol–water partition coefficient (Wildman–Crippen LogP) is 1.95. The van der Waals surface area contributed by atoms with Gasteiger partial charge in [0.05, 0.1) is 0 Å². The number of hydrogen-bond donors (Lipinski definition) is 1. The third-order valence-corrected chi connectivity index (χ3v) is 2.59. The van der Waals surface area contributed by atoms with Gasteiger partial charge in [0.2, 0.25) is 0 Å². The minimum atomic E-state index is 0.610. The van der Waals surface area contributed by atoms with Crippen LogP contribution in [0.5, 0.6) is 0 Å². The lowest BCUT2D eigenvalue weighted by Gasteiger charge is -2.18. The fraction of sp³-hybridized carbons (Fsp3) is 0.500. The molecule has 0 amide bonds. The largest absolute Gasteiger partial charge is 0.299 e. The first-order chi connectivity index (χ1) is 6.88. The van der Waals surface area contributed by atoms with Crippen LogP contribution in [0.15, 0.2) is 24.5 Å². The molecule has 14 heavy (non-hydrogen) atoms. The van der Waals surface area contributed by atoms with E-state index in [1.165, 1.54) is 24.9 Å². The standard InChI is InChI=1S/C10H14N2.ClH2N/c1-12-7-3-5-10(12)9-4-2-6-11-8-9;1-2/h2,4,6,8,10H,3,5,7H2,1H3;2H2. The van der Waals surface area contributed by atoms with E-state index in [2.05, 4.69) is 40.0 Å². The van der Waals surface area contributed by atoms with Crippen molar-refractivity contribution < 1.29 is 0 Å². The van der Waals surface area contributed by atoms with Gasteiger partial charge in [-0.2, -0.15) is 0 Å². The third kappa shape index (κ3) is 2.67. The van der Waals surface area contributed by atoms with Gasteiger partial charge in [0.1, 0.15) is 0 Å². The third-order valence-electron chi connectivity index (χ3n) is 2.59. The summed E-state index contributed by atoms with van der Waals surface area (Å²) >= 11 is 4.14. The second kappa shape index (κ2) is 5.96. The van der Waals surface area contributed by atoms with Gasteiger partial charge in [-0.25, -0.2) is 5.25 Å². The van der Waals surface area contributed by atoms with Crippen molar-refractivity contribution in [3.05, 3.63) is 30.1 Å². The molecule has 0 aromatic carbocycles. The Kier molecular flexibility index (Phi) is 4.87. The summed E-state index contributed by atoms with van der Waals surface area (Å²) in [5.41, 5.74) is 1.36. The van der Waals surface area contributed by atoms with E-state index < -0.39 is 0 Å². The van der Waals surface area contributed by atoms with Gasteiger partial charge in [0, 0.05) is 18.4 Å². The number of halogens is 1. The first kappa shape index (κ1) is 11.4. The molecule has 0 saturated carbocycles. The highest BCUT2D eigenvalue weighted by Crippen LogP contribution is 2.29. The SMILES string of the molecule is CN1CCCC1c1cccnc1.NCl. The molecule has 2 rings (SSSR count). The summed E-state index contributed by atoms with van der Waals surface area (Å²) < 4.78 is 0. The Bertz CT molecular complexity index is 253. The van der Waals surface area contributed by atoms with E-state index in [0.717, 1.165) is 0 Å². The molecule has 1 aromatic rings. The lowest BCUT2D eigenvalue weighted by atomic mass is 10.1. The van der Waals surface area contributed by atoms with E-state index in [4.69, 9.17) is 0 Å². The second-order valence-corrected chi connectivity index (χ2v) is 3.42. The number of pyridine rings is 1. The normalized spacial score (nSPS) is 21.5. The van der Waals surface area contributed by atoms with Crippen molar-refractivity contribution in [3.8, 4) is 0 Å². The van der Waals surface area contributed by atoms with Gasteiger partial charge in [-0.15, -0.1) is 0 Å². The molecular formula is C10H16ClN3. The maximum absolute atomic E-state index is 4.14. The molecule has 1 aromatic heterocycles. The van der Waals surface area contributed by atoms with E-state index in [1.807, 2.05) is 18.5 Å². The van der Waals surface area contributed by atoms with Crippen molar-refractivity contribution in [3.63, 3.8) is 0 Å². The summed E-state index contributed by atoms with van der Waals surface area (Å²) in [6, 6.07) is 4.79. The summed E-state index contributed by atoms with van der Waals surface area (Å²) in [6.45, 7) is 1.22. The topological polar surface area (TPSA) is 42.2 Å². The number of nitrogens with zero attached hydrogens (tertiary/aromatic N) is 2. The number of hydrogen-bond acceptors (Lipinski definition) is 3. The molecular weight excluding hydrogens is 198 g/mol. The maximum Gasteiger partial charge on any atom is 0.0360 e. The molecule has 0 bridgehead atoms. The van der Waals surface area contributed by atoms with Crippen LogP contribution in [-0.4, -0.2) is 23.5 Å². The van der Waals surface area contributed by atoms with Gasteiger partial charge in [0.15, 0.2) is 0 Å². The number of aromatic nitrogens is 1. The molecule has 0 spiro atoms. The molecule has 1 saturated heterocycles. The fourth-order valence-electron chi connectivity index (χ4n) is 1.90. The highest BCUT2D eigenvalue weighted by molar-refractivity contribution is 6.11. The molecule has 1 fully saturated rings. The van der Waals surface area contributed by atoms with Crippen molar-refractivity contribution >= 4 is 11.8 Å². The molecule has 0 radical (unpaired) electrons. The number of likely N-dealkylation sites (tertiary alicyclic amines) is 1. The lowest BCUT2D eigenvalue weighted by Crippen LogP contribution is -2.17. The molecule has 1 atom stereocenters. The van der Waals surface area contributed by atoms with Gasteiger partial charge in [-0.3, -0.25) is 9.88 Å². The average molecular weight is 214 g/mol. The van der Waals surface area contributed by atoms with Crippen molar-refractivity contribution in [1.82, 2.24) is 9.88 Å². The molecule has 3 nitrogen and oxygen atoms in total. The molecule has 4 heteroatoms. The van der Waals surface area contributed by atoms with E-state index in [-0.39, 0.29) is 0 Å². The van der Waals surface area contributed by atoms with Crippen LogP contribution in [0.1, 0.15) is 24.4 Å². The van der Waals surface area contributed by atoms with E-state index in [0.29, 0.717) is 6.04 Å². The second-order valence-electron chi connectivity index (χ2n) is 3.42. The Morgan fingerprint density at radius 1 is 1.57 bits per heavy atom. The van der Waals surface area contributed by atoms with Crippen molar-refractivity contribution in [2.24, 2.45) is 5.25 Å². The van der Waals surface area contributed by atoms with Crippen LogP contribution < -0.4 is 5.25 Å². The minimum absolute atomic E-state index is 0.610. The number of rotatable bonds is 1. The minimum Gasteiger partial charge on any atom is -0.299 e. The van der Waals surface area contributed by atoms with Gasteiger partial charge in [-0.1, -0.05) is 6.07 Å². The molecule has 2 N–H and O–H groups in total. The highest BCUT2D eigenvalue weighted by Gasteiger charge is 2.21. The van der Waals surface area contributed by atoms with Crippen LogP contribution in [0.3, 0.4) is 0 Å². The molecule has 1 unspecified atom stereocenters. The van der Waals surface area contributed by atoms with Crippen LogP contribution in [-0.2, 0) is 0 Å².